The second-order valence-electron chi connectivity index (χ2n) is 5.60. The van der Waals surface area contributed by atoms with E-state index < -0.39 is 0 Å². The van der Waals surface area contributed by atoms with E-state index in [1.54, 1.807) is 18.2 Å². The number of hydrogen-bond acceptors (Lipinski definition) is 2. The first-order valence-electron chi connectivity index (χ1n) is 6.66. The highest BCUT2D eigenvalue weighted by atomic mass is 35.5. The summed E-state index contributed by atoms with van der Waals surface area (Å²) in [5.41, 5.74) is 6.66. The molecule has 0 aromatic heterocycles. The largest absolute Gasteiger partial charge is 0.399 e. The topological polar surface area (TPSA) is 55.1 Å². The van der Waals surface area contributed by atoms with Crippen molar-refractivity contribution >= 4 is 23.2 Å². The summed E-state index contributed by atoms with van der Waals surface area (Å²) in [7, 11) is 0. The number of hydrogen-bond donors (Lipinski definition) is 2. The third-order valence-corrected chi connectivity index (χ3v) is 3.78. The van der Waals surface area contributed by atoms with E-state index in [-0.39, 0.29) is 5.91 Å². The molecular formula is C15H23ClN2O. The van der Waals surface area contributed by atoms with Gasteiger partial charge in [-0.05, 0) is 36.0 Å². The molecule has 1 rings (SSSR count). The van der Waals surface area contributed by atoms with Crippen LogP contribution in [0.3, 0.4) is 0 Å². The molecule has 0 heterocycles. The number of rotatable bonds is 5. The average Bonchev–Trinajstić information content (AvgIpc) is 2.31. The number of carbonyl (C=O) groups excluding carboxylic acids is 1. The summed E-state index contributed by atoms with van der Waals surface area (Å²) in [6.07, 6.45) is 0. The van der Waals surface area contributed by atoms with Gasteiger partial charge >= 0.3 is 0 Å². The Hall–Kier alpha value is -1.22. The molecule has 1 aromatic carbocycles. The molecule has 3 nitrogen and oxygen atoms in total. The number of benzene rings is 1. The van der Waals surface area contributed by atoms with Crippen LogP contribution in [0, 0.1) is 17.8 Å². The van der Waals surface area contributed by atoms with Gasteiger partial charge in [-0.25, -0.2) is 0 Å². The molecule has 0 aliphatic heterocycles. The molecule has 0 atom stereocenters. The van der Waals surface area contributed by atoms with Crippen molar-refractivity contribution in [3.63, 3.8) is 0 Å². The molecule has 0 aliphatic rings. The lowest BCUT2D eigenvalue weighted by atomic mass is 9.85. The first-order chi connectivity index (χ1) is 8.82. The molecule has 0 radical (unpaired) electrons. The molecule has 0 saturated carbocycles. The molecule has 0 fully saturated rings. The quantitative estimate of drug-likeness (QED) is 0.811. The summed E-state index contributed by atoms with van der Waals surface area (Å²) in [6.45, 7) is 9.34. The zero-order valence-corrected chi connectivity index (χ0v) is 12.8. The van der Waals surface area contributed by atoms with Crippen molar-refractivity contribution in [2.45, 2.75) is 27.7 Å². The second kappa shape index (κ2) is 6.80. The fraction of sp³-hybridized carbons (Fsp3) is 0.533. The van der Waals surface area contributed by atoms with Gasteiger partial charge in [0, 0.05) is 12.2 Å². The van der Waals surface area contributed by atoms with Crippen LogP contribution in [-0.2, 0) is 0 Å². The maximum absolute atomic E-state index is 12.1. The zero-order chi connectivity index (χ0) is 14.6. The van der Waals surface area contributed by atoms with E-state index in [0.29, 0.717) is 40.6 Å². The molecule has 4 heteroatoms. The van der Waals surface area contributed by atoms with Gasteiger partial charge in [0.25, 0.3) is 5.91 Å². The van der Waals surface area contributed by atoms with Crippen LogP contribution in [0.15, 0.2) is 18.2 Å². The van der Waals surface area contributed by atoms with Crippen LogP contribution in [0.5, 0.6) is 0 Å². The van der Waals surface area contributed by atoms with Crippen LogP contribution in [0.2, 0.25) is 5.02 Å². The molecule has 106 valence electrons. The van der Waals surface area contributed by atoms with Crippen molar-refractivity contribution in [1.82, 2.24) is 5.32 Å². The number of carbonyl (C=O) groups is 1. The first-order valence-corrected chi connectivity index (χ1v) is 7.04. The number of anilines is 1. The number of nitrogens with one attached hydrogen (secondary N) is 1. The van der Waals surface area contributed by atoms with Crippen molar-refractivity contribution in [2.24, 2.45) is 17.8 Å². The normalized spacial score (nSPS) is 11.4. The number of nitrogen functional groups attached to an aromatic ring is 1. The van der Waals surface area contributed by atoms with Gasteiger partial charge in [0.05, 0.1) is 10.6 Å². The summed E-state index contributed by atoms with van der Waals surface area (Å²) in [5, 5.41) is 3.38. The zero-order valence-electron chi connectivity index (χ0n) is 12.0. The van der Waals surface area contributed by atoms with Crippen molar-refractivity contribution in [2.75, 3.05) is 12.3 Å². The highest BCUT2D eigenvalue weighted by Gasteiger charge is 2.19. The first kappa shape index (κ1) is 15.8. The Kier molecular flexibility index (Phi) is 5.67. The Balaban J connectivity index is 2.72. The third kappa shape index (κ3) is 4.43. The number of nitrogens with two attached hydrogens (primary N) is 1. The molecule has 19 heavy (non-hydrogen) atoms. The maximum Gasteiger partial charge on any atom is 0.252 e. The van der Waals surface area contributed by atoms with Gasteiger partial charge in [-0.1, -0.05) is 39.3 Å². The van der Waals surface area contributed by atoms with Crippen LogP contribution in [0.25, 0.3) is 0 Å². The smallest absolute Gasteiger partial charge is 0.252 e. The van der Waals surface area contributed by atoms with Crippen molar-refractivity contribution in [3.05, 3.63) is 28.8 Å². The molecule has 1 amide bonds. The monoisotopic (exact) mass is 282 g/mol. The molecule has 0 aliphatic carbocycles. The van der Waals surface area contributed by atoms with Gasteiger partial charge < -0.3 is 11.1 Å². The SMILES string of the molecule is CC(C)C(CNC(=O)c1cc(N)ccc1Cl)C(C)C. The predicted octanol–water partition coefficient (Wildman–Crippen LogP) is 3.58. The Bertz CT molecular complexity index is 436. The van der Waals surface area contributed by atoms with Gasteiger partial charge in [0.15, 0.2) is 0 Å². The summed E-state index contributed by atoms with van der Waals surface area (Å²) in [6, 6.07) is 4.94. The fourth-order valence-corrected chi connectivity index (χ4v) is 2.47. The van der Waals surface area contributed by atoms with Gasteiger partial charge in [0.2, 0.25) is 0 Å². The minimum absolute atomic E-state index is 0.163. The van der Waals surface area contributed by atoms with Crippen molar-refractivity contribution < 1.29 is 4.79 Å². The Morgan fingerprint density at radius 2 is 1.84 bits per heavy atom. The minimum Gasteiger partial charge on any atom is -0.399 e. The van der Waals surface area contributed by atoms with Crippen LogP contribution in [0.4, 0.5) is 5.69 Å². The fourth-order valence-electron chi connectivity index (χ4n) is 2.26. The van der Waals surface area contributed by atoms with E-state index in [9.17, 15) is 4.79 Å². The number of amides is 1. The van der Waals surface area contributed by atoms with E-state index in [4.69, 9.17) is 17.3 Å². The molecule has 3 N–H and O–H groups in total. The van der Waals surface area contributed by atoms with E-state index >= 15 is 0 Å². The molecule has 1 aromatic rings. The molecule has 0 saturated heterocycles. The van der Waals surface area contributed by atoms with E-state index in [0.717, 1.165) is 0 Å². The highest BCUT2D eigenvalue weighted by Crippen LogP contribution is 2.21. The summed E-state index contributed by atoms with van der Waals surface area (Å²) >= 11 is 6.02. The summed E-state index contributed by atoms with van der Waals surface area (Å²) < 4.78 is 0. The summed E-state index contributed by atoms with van der Waals surface area (Å²) in [5.74, 6) is 1.33. The average molecular weight is 283 g/mol. The Labute approximate surface area is 120 Å². The maximum atomic E-state index is 12.1. The highest BCUT2D eigenvalue weighted by molar-refractivity contribution is 6.34. The lowest BCUT2D eigenvalue weighted by Gasteiger charge is -2.25. The van der Waals surface area contributed by atoms with Crippen LogP contribution >= 0.6 is 11.6 Å². The van der Waals surface area contributed by atoms with E-state index in [1.165, 1.54) is 0 Å². The molecule has 0 bridgehead atoms. The standard InChI is InChI=1S/C15H23ClN2O/c1-9(2)13(10(3)4)8-18-15(19)12-7-11(17)5-6-14(12)16/h5-7,9-10,13H,8,17H2,1-4H3,(H,18,19). The van der Waals surface area contributed by atoms with Gasteiger partial charge in [-0.3, -0.25) is 4.79 Å². The molecular weight excluding hydrogens is 260 g/mol. The van der Waals surface area contributed by atoms with Crippen molar-refractivity contribution in [3.8, 4) is 0 Å². The lowest BCUT2D eigenvalue weighted by molar-refractivity contribution is 0.0937. The third-order valence-electron chi connectivity index (χ3n) is 3.45. The van der Waals surface area contributed by atoms with Crippen LogP contribution in [0.1, 0.15) is 38.1 Å². The molecule has 0 unspecified atom stereocenters. The van der Waals surface area contributed by atoms with Gasteiger partial charge in [0.1, 0.15) is 0 Å². The van der Waals surface area contributed by atoms with E-state index in [2.05, 4.69) is 33.0 Å². The molecule has 0 spiro atoms. The van der Waals surface area contributed by atoms with Crippen LogP contribution < -0.4 is 11.1 Å². The minimum atomic E-state index is -0.163. The number of halogens is 1. The van der Waals surface area contributed by atoms with Gasteiger partial charge in [-0.2, -0.15) is 0 Å². The van der Waals surface area contributed by atoms with Gasteiger partial charge in [-0.15, -0.1) is 0 Å². The van der Waals surface area contributed by atoms with Crippen molar-refractivity contribution in [1.29, 1.82) is 0 Å². The lowest BCUT2D eigenvalue weighted by Crippen LogP contribution is -2.34. The Morgan fingerprint density at radius 1 is 1.26 bits per heavy atom. The predicted molar refractivity (Wildman–Crippen MR) is 81.4 cm³/mol. The van der Waals surface area contributed by atoms with E-state index in [1.807, 2.05) is 0 Å². The summed E-state index contributed by atoms with van der Waals surface area (Å²) in [4.78, 5) is 12.1. The second-order valence-corrected chi connectivity index (χ2v) is 6.01. The Morgan fingerprint density at radius 3 is 2.37 bits per heavy atom. The van der Waals surface area contributed by atoms with Crippen LogP contribution in [-0.4, -0.2) is 12.5 Å².